The summed E-state index contributed by atoms with van der Waals surface area (Å²) in [5.74, 6) is 0.978. The topological polar surface area (TPSA) is 124 Å². The number of halogens is 1. The van der Waals surface area contributed by atoms with Crippen molar-refractivity contribution in [1.82, 2.24) is 14.9 Å². The van der Waals surface area contributed by atoms with Crippen LogP contribution in [0.2, 0.25) is 0 Å². The molecule has 0 spiro atoms. The van der Waals surface area contributed by atoms with Crippen LogP contribution in [-0.4, -0.2) is 18.6 Å². The second kappa shape index (κ2) is 5.41. The van der Waals surface area contributed by atoms with Gasteiger partial charge in [0.1, 0.15) is 10.7 Å². The van der Waals surface area contributed by atoms with Crippen molar-refractivity contribution < 1.29 is 17.4 Å². The Bertz CT molecular complexity index is 678. The van der Waals surface area contributed by atoms with E-state index in [9.17, 15) is 8.42 Å². The van der Waals surface area contributed by atoms with E-state index in [1.54, 1.807) is 6.92 Å². The molecule has 19 heavy (non-hydrogen) atoms. The van der Waals surface area contributed by atoms with Gasteiger partial charge in [0.25, 0.3) is 0 Å². The quantitative estimate of drug-likeness (QED) is 0.811. The van der Waals surface area contributed by atoms with Crippen molar-refractivity contribution in [3.8, 4) is 0 Å². The minimum absolute atomic E-state index is 0.0202. The Balaban J connectivity index is 2.15. The molecule has 0 bridgehead atoms. The molecule has 0 fully saturated rings. The van der Waals surface area contributed by atoms with E-state index in [0.717, 1.165) is 0 Å². The molecule has 0 saturated heterocycles. The standard InChI is InChI=1S/C9H11BrN4O4S/c1-5-13-8(14-18-5)4-12-19(15,16)7-2-6(3-11)17-9(7)10/h2,12H,3-4,11H2,1H3. The molecule has 0 atom stereocenters. The van der Waals surface area contributed by atoms with Crippen molar-refractivity contribution in [2.75, 3.05) is 0 Å². The zero-order chi connectivity index (χ0) is 14.0. The van der Waals surface area contributed by atoms with Crippen LogP contribution < -0.4 is 10.5 Å². The summed E-state index contributed by atoms with van der Waals surface area (Å²) in [6.45, 7) is 1.65. The maximum Gasteiger partial charge on any atom is 0.245 e. The lowest BCUT2D eigenvalue weighted by molar-refractivity contribution is 0.387. The molecule has 0 radical (unpaired) electrons. The lowest BCUT2D eigenvalue weighted by Gasteiger charge is -2.01. The van der Waals surface area contributed by atoms with Crippen molar-refractivity contribution >= 4 is 26.0 Å². The number of rotatable bonds is 5. The van der Waals surface area contributed by atoms with Crippen LogP contribution in [0.15, 0.2) is 24.6 Å². The molecule has 0 amide bonds. The average molecular weight is 351 g/mol. The van der Waals surface area contributed by atoms with E-state index >= 15 is 0 Å². The van der Waals surface area contributed by atoms with Gasteiger partial charge in [-0.25, -0.2) is 13.1 Å². The highest BCUT2D eigenvalue weighted by Gasteiger charge is 2.22. The van der Waals surface area contributed by atoms with E-state index in [1.165, 1.54) is 6.07 Å². The monoisotopic (exact) mass is 350 g/mol. The first-order valence-corrected chi connectivity index (χ1v) is 7.47. The predicted octanol–water partition coefficient (Wildman–Crippen LogP) is 0.671. The van der Waals surface area contributed by atoms with E-state index in [2.05, 4.69) is 30.8 Å². The minimum Gasteiger partial charge on any atom is -0.452 e. The molecular formula is C9H11BrN4O4S. The number of aryl methyl sites for hydroxylation is 1. The second-order valence-electron chi connectivity index (χ2n) is 3.61. The summed E-state index contributed by atoms with van der Waals surface area (Å²) in [6, 6.07) is 1.36. The lowest BCUT2D eigenvalue weighted by atomic mass is 10.5. The van der Waals surface area contributed by atoms with E-state index in [0.29, 0.717) is 11.7 Å². The summed E-state index contributed by atoms with van der Waals surface area (Å²) < 4.78 is 36.4. The fourth-order valence-corrected chi connectivity index (χ4v) is 3.31. The van der Waals surface area contributed by atoms with Crippen LogP contribution in [0.3, 0.4) is 0 Å². The second-order valence-corrected chi connectivity index (χ2v) is 6.06. The number of hydrogen-bond donors (Lipinski definition) is 2. The molecule has 2 heterocycles. The maximum absolute atomic E-state index is 12.0. The van der Waals surface area contributed by atoms with Gasteiger partial charge in [-0.3, -0.25) is 0 Å². The van der Waals surface area contributed by atoms with Gasteiger partial charge in [-0.1, -0.05) is 5.16 Å². The van der Waals surface area contributed by atoms with Crippen LogP contribution in [0.5, 0.6) is 0 Å². The Morgan fingerprint density at radius 1 is 1.53 bits per heavy atom. The molecular weight excluding hydrogens is 340 g/mol. The third-order valence-corrected chi connectivity index (χ3v) is 4.45. The molecule has 8 nitrogen and oxygen atoms in total. The maximum atomic E-state index is 12.0. The minimum atomic E-state index is -3.74. The van der Waals surface area contributed by atoms with E-state index in [-0.39, 0.29) is 28.5 Å². The van der Waals surface area contributed by atoms with Gasteiger partial charge < -0.3 is 14.7 Å². The fourth-order valence-electron chi connectivity index (χ4n) is 1.33. The van der Waals surface area contributed by atoms with Crippen LogP contribution in [0.4, 0.5) is 0 Å². The van der Waals surface area contributed by atoms with Crippen LogP contribution in [-0.2, 0) is 23.1 Å². The van der Waals surface area contributed by atoms with Gasteiger partial charge in [0.15, 0.2) is 10.5 Å². The first-order chi connectivity index (χ1) is 8.92. The zero-order valence-electron chi connectivity index (χ0n) is 9.88. The van der Waals surface area contributed by atoms with Crippen LogP contribution >= 0.6 is 15.9 Å². The Labute approximate surface area is 117 Å². The van der Waals surface area contributed by atoms with Crippen LogP contribution in [0.25, 0.3) is 0 Å². The van der Waals surface area contributed by atoms with Crippen molar-refractivity contribution in [2.45, 2.75) is 24.9 Å². The molecule has 104 valence electrons. The lowest BCUT2D eigenvalue weighted by Crippen LogP contribution is -2.23. The van der Waals surface area contributed by atoms with Gasteiger partial charge in [-0.05, 0) is 15.9 Å². The van der Waals surface area contributed by atoms with E-state index in [4.69, 9.17) is 14.7 Å². The van der Waals surface area contributed by atoms with Crippen molar-refractivity contribution in [3.05, 3.63) is 28.2 Å². The highest BCUT2D eigenvalue weighted by Crippen LogP contribution is 2.25. The zero-order valence-corrected chi connectivity index (χ0v) is 12.3. The van der Waals surface area contributed by atoms with Gasteiger partial charge in [-0.2, -0.15) is 4.98 Å². The normalized spacial score (nSPS) is 11.9. The summed E-state index contributed by atoms with van der Waals surface area (Å²) in [6.07, 6.45) is 0. The molecule has 0 aromatic carbocycles. The Morgan fingerprint density at radius 3 is 2.79 bits per heavy atom. The summed E-state index contributed by atoms with van der Waals surface area (Å²) in [4.78, 5) is 3.87. The number of nitrogens with two attached hydrogens (primary N) is 1. The van der Waals surface area contributed by atoms with Crippen molar-refractivity contribution in [2.24, 2.45) is 5.73 Å². The molecule has 3 N–H and O–H groups in total. The highest BCUT2D eigenvalue weighted by molar-refractivity contribution is 9.10. The van der Waals surface area contributed by atoms with Gasteiger partial charge in [0.05, 0.1) is 13.1 Å². The van der Waals surface area contributed by atoms with Gasteiger partial charge in [-0.15, -0.1) is 0 Å². The van der Waals surface area contributed by atoms with Crippen molar-refractivity contribution in [1.29, 1.82) is 0 Å². The molecule has 0 aliphatic carbocycles. The molecule has 2 aromatic rings. The summed E-state index contributed by atoms with van der Waals surface area (Å²) in [5.41, 5.74) is 5.38. The molecule has 0 unspecified atom stereocenters. The molecule has 10 heteroatoms. The van der Waals surface area contributed by atoms with E-state index in [1.807, 2.05) is 0 Å². The van der Waals surface area contributed by atoms with Crippen LogP contribution in [0, 0.1) is 6.92 Å². The molecule has 2 rings (SSSR count). The third kappa shape index (κ3) is 3.21. The Morgan fingerprint density at radius 2 is 2.26 bits per heavy atom. The summed E-state index contributed by atoms with van der Waals surface area (Å²) >= 11 is 3.03. The third-order valence-electron chi connectivity index (χ3n) is 2.19. The Kier molecular flexibility index (Phi) is 4.04. The number of aromatic nitrogens is 2. The SMILES string of the molecule is Cc1nc(CNS(=O)(=O)c2cc(CN)oc2Br)no1. The van der Waals surface area contributed by atoms with Gasteiger partial charge in [0, 0.05) is 13.0 Å². The van der Waals surface area contributed by atoms with E-state index < -0.39 is 10.0 Å². The van der Waals surface area contributed by atoms with Gasteiger partial charge >= 0.3 is 0 Å². The molecule has 0 aliphatic heterocycles. The number of furan rings is 1. The number of sulfonamides is 1. The fraction of sp³-hybridized carbons (Fsp3) is 0.333. The van der Waals surface area contributed by atoms with Crippen molar-refractivity contribution in [3.63, 3.8) is 0 Å². The Hall–Kier alpha value is -1.23. The molecule has 2 aromatic heterocycles. The summed E-state index contributed by atoms with van der Waals surface area (Å²) in [7, 11) is -3.74. The number of hydrogen-bond acceptors (Lipinski definition) is 7. The van der Waals surface area contributed by atoms with Crippen LogP contribution in [0.1, 0.15) is 17.5 Å². The average Bonchev–Trinajstić information content (AvgIpc) is 2.93. The summed E-state index contributed by atoms with van der Waals surface area (Å²) in [5, 5.41) is 3.59. The first kappa shape index (κ1) is 14.2. The highest BCUT2D eigenvalue weighted by atomic mass is 79.9. The predicted molar refractivity (Wildman–Crippen MR) is 67.4 cm³/mol. The molecule has 0 saturated carbocycles. The molecule has 0 aliphatic rings. The van der Waals surface area contributed by atoms with Gasteiger partial charge in [0.2, 0.25) is 15.9 Å². The number of nitrogens with zero attached hydrogens (tertiary/aromatic N) is 2. The number of nitrogens with one attached hydrogen (secondary N) is 1. The largest absolute Gasteiger partial charge is 0.452 e. The first-order valence-electron chi connectivity index (χ1n) is 5.19. The smallest absolute Gasteiger partial charge is 0.245 e.